The van der Waals surface area contributed by atoms with Crippen LogP contribution in [0, 0.1) is 52.3 Å². The fourth-order valence-electron chi connectivity index (χ4n) is 12.2. The Morgan fingerprint density at radius 2 is 1.14 bits per heavy atom. The normalized spacial score (nSPS) is 36.7. The Labute approximate surface area is 279 Å². The summed E-state index contributed by atoms with van der Waals surface area (Å²) in [5.41, 5.74) is 10.6. The smallest absolute Gasteiger partial charge is 0.0256 e. The van der Waals surface area contributed by atoms with Gasteiger partial charge < -0.3 is 4.55 Å². The van der Waals surface area contributed by atoms with Gasteiger partial charge in [-0.3, -0.25) is 0 Å². The standard InChI is InChI=1S/C24H39P.C12H10N.CH4O3S.Pd/c25-3-1-2-22(23-10-16-4-17(11-23)6-18(5-16)12-23)24-13-19-7-20(14-24)9-21(8-19)15-24;13-12-9-5-4-8-11(12)10-6-2-1-3-7-10;1-5(2,3)4;/h16-22H,1-15,25H2;1-6,8-9H,13H2;1H3,(H,2,3,4);/q;;;+1/p-1. The van der Waals surface area contributed by atoms with E-state index in [1.165, 1.54) is 12.6 Å². The first-order chi connectivity index (χ1) is 21.0. The Morgan fingerprint density at radius 3 is 1.50 bits per heavy atom. The van der Waals surface area contributed by atoms with Crippen LogP contribution in [0.2, 0.25) is 0 Å². The molecule has 2 N–H and O–H groups in total. The van der Waals surface area contributed by atoms with Crippen molar-refractivity contribution in [3.05, 3.63) is 48.5 Å². The average molecular weight is 728 g/mol. The minimum absolute atomic E-state index is 0.604. The number of para-hydroxylation sites is 1. The molecule has 0 spiro atoms. The summed E-state index contributed by atoms with van der Waals surface area (Å²) in [4.78, 5) is 0. The number of nitrogen functional groups attached to an aromatic ring is 1. The minimum Gasteiger partial charge on any atom is -0.138 e. The van der Waals surface area contributed by atoms with Crippen molar-refractivity contribution in [2.24, 2.45) is 52.3 Å². The molecule has 1 atom stereocenters. The van der Waals surface area contributed by atoms with Crippen LogP contribution in [0.5, 0.6) is 0 Å². The third-order valence-corrected chi connectivity index (χ3v) is 13.5. The maximum absolute atomic E-state index is 9.08. The van der Waals surface area contributed by atoms with E-state index in [1.807, 2.05) is 42.5 Å². The van der Waals surface area contributed by atoms with Gasteiger partial charge in [0.15, 0.2) is 0 Å². The molecule has 8 saturated carbocycles. The van der Waals surface area contributed by atoms with Gasteiger partial charge in [0.1, 0.15) is 0 Å². The molecule has 0 aromatic heterocycles. The van der Waals surface area contributed by atoms with Gasteiger partial charge in [0.2, 0.25) is 0 Å². The summed E-state index contributed by atoms with van der Waals surface area (Å²) < 4.78 is 28.3. The third-order valence-electron chi connectivity index (χ3n) is 12.4. The predicted molar refractivity (Wildman–Crippen MR) is 180 cm³/mol. The number of benzene rings is 2. The van der Waals surface area contributed by atoms with Crippen LogP contribution in [0.15, 0.2) is 48.5 Å². The molecule has 10 rings (SSSR count). The quantitative estimate of drug-likeness (QED) is 0.142. The van der Waals surface area contributed by atoms with E-state index in [2.05, 4.69) is 34.5 Å². The molecule has 7 heteroatoms. The van der Waals surface area contributed by atoms with E-state index in [-0.39, 0.29) is 0 Å². The Morgan fingerprint density at radius 1 is 0.773 bits per heavy atom. The molecular weight excluding hydrogens is 676 g/mol. The van der Waals surface area contributed by atoms with E-state index < -0.39 is 10.1 Å². The van der Waals surface area contributed by atoms with Gasteiger partial charge >= 0.3 is 94.3 Å². The fourth-order valence-corrected chi connectivity index (χ4v) is 12.9. The molecular formula is C37H52NO3PPdS. The van der Waals surface area contributed by atoms with Crippen molar-refractivity contribution in [2.45, 2.75) is 89.9 Å². The zero-order valence-electron chi connectivity index (χ0n) is 26.4. The van der Waals surface area contributed by atoms with Gasteiger partial charge in [-0.1, -0.05) is 0 Å². The van der Waals surface area contributed by atoms with Crippen LogP contribution in [0.4, 0.5) is 5.69 Å². The predicted octanol–water partition coefficient (Wildman–Crippen LogP) is 7.96. The van der Waals surface area contributed by atoms with Crippen molar-refractivity contribution in [1.82, 2.24) is 0 Å². The number of hydrogen-bond acceptors (Lipinski definition) is 4. The SMILES string of the molecule is CS(=O)(=O)[O-].Nc1ccccc1-c1cccc[c]1[Pd+].PCCCC(C12CC3CC(CC(C3)C1)C2)C12CC3CC(CC(C3)C1)C2. The Hall–Kier alpha value is -0.758. The van der Waals surface area contributed by atoms with Crippen LogP contribution in [0.1, 0.15) is 89.9 Å². The topological polar surface area (TPSA) is 83.2 Å². The Bertz CT molecular complexity index is 1240. The molecule has 8 aliphatic rings. The molecule has 0 aliphatic heterocycles. The first kappa shape index (κ1) is 33.2. The van der Waals surface area contributed by atoms with Gasteiger partial charge in [0.25, 0.3) is 0 Å². The molecule has 8 aliphatic carbocycles. The zero-order valence-corrected chi connectivity index (χ0v) is 29.9. The summed E-state index contributed by atoms with van der Waals surface area (Å²) in [7, 11) is -0.873. The van der Waals surface area contributed by atoms with E-state index in [4.69, 9.17) is 18.7 Å². The zero-order chi connectivity index (χ0) is 31.1. The van der Waals surface area contributed by atoms with Crippen LogP contribution >= 0.6 is 9.24 Å². The maximum Gasteiger partial charge on any atom is -0.0256 e. The fraction of sp³-hybridized carbons (Fsp3) is 0.676. The van der Waals surface area contributed by atoms with Crippen molar-refractivity contribution in [3.8, 4) is 11.1 Å². The molecule has 0 heterocycles. The van der Waals surface area contributed by atoms with Crippen LogP contribution in [-0.4, -0.2) is 25.4 Å². The van der Waals surface area contributed by atoms with Gasteiger partial charge in [-0.2, -0.15) is 0 Å². The molecule has 8 bridgehead atoms. The van der Waals surface area contributed by atoms with E-state index in [1.54, 1.807) is 83.5 Å². The summed E-state index contributed by atoms with van der Waals surface area (Å²) in [5.74, 6) is 7.94. The monoisotopic (exact) mass is 727 g/mol. The van der Waals surface area contributed by atoms with E-state index in [0.717, 1.165) is 73.1 Å². The largest absolute Gasteiger partial charge is 0.138 e. The van der Waals surface area contributed by atoms with Crippen LogP contribution in [0.25, 0.3) is 11.1 Å². The summed E-state index contributed by atoms with van der Waals surface area (Å²) in [6.45, 7) is 0. The van der Waals surface area contributed by atoms with Crippen LogP contribution < -0.4 is 9.77 Å². The number of anilines is 1. The molecule has 2 aromatic carbocycles. The number of nitrogens with two attached hydrogens (primary N) is 1. The van der Waals surface area contributed by atoms with Gasteiger partial charge in [0, 0.05) is 6.26 Å². The third kappa shape index (κ3) is 7.36. The average Bonchev–Trinajstić information content (AvgIpc) is 2.92. The van der Waals surface area contributed by atoms with Gasteiger partial charge in [-0.05, 0) is 148 Å². The molecule has 0 radical (unpaired) electrons. The van der Waals surface area contributed by atoms with E-state index >= 15 is 0 Å². The second kappa shape index (κ2) is 13.4. The second-order valence-electron chi connectivity index (χ2n) is 15.8. The number of rotatable bonds is 6. The van der Waals surface area contributed by atoms with Gasteiger partial charge in [0.05, 0.1) is 10.1 Å². The second-order valence-corrected chi connectivity index (χ2v) is 18.6. The van der Waals surface area contributed by atoms with Gasteiger partial charge in [-0.15, -0.1) is 9.24 Å². The molecule has 1 unspecified atom stereocenters. The Balaban J connectivity index is 0.000000153. The van der Waals surface area contributed by atoms with E-state index in [0.29, 0.717) is 6.26 Å². The molecule has 44 heavy (non-hydrogen) atoms. The number of hydrogen-bond donors (Lipinski definition) is 1. The van der Waals surface area contributed by atoms with Crippen molar-refractivity contribution in [3.63, 3.8) is 0 Å². The summed E-state index contributed by atoms with van der Waals surface area (Å²) in [6.07, 6.45) is 24.7. The summed E-state index contributed by atoms with van der Waals surface area (Å²) in [5, 5.41) is 0. The van der Waals surface area contributed by atoms with Gasteiger partial charge in [-0.25, -0.2) is 8.42 Å². The van der Waals surface area contributed by atoms with Crippen molar-refractivity contribution in [1.29, 1.82) is 0 Å². The van der Waals surface area contributed by atoms with Crippen molar-refractivity contribution in [2.75, 3.05) is 18.2 Å². The maximum atomic E-state index is 9.08. The van der Waals surface area contributed by atoms with Crippen molar-refractivity contribution >= 4 is 29.1 Å². The Kier molecular flexibility index (Phi) is 10.1. The first-order valence-corrected chi connectivity index (χ1v) is 20.5. The molecule has 2 aromatic rings. The molecule has 4 nitrogen and oxygen atoms in total. The minimum atomic E-state index is -3.92. The van der Waals surface area contributed by atoms with Crippen LogP contribution in [0.3, 0.4) is 0 Å². The molecule has 0 amide bonds. The summed E-state index contributed by atoms with van der Waals surface area (Å²) >= 11 is 3.23. The van der Waals surface area contributed by atoms with Crippen molar-refractivity contribution < 1.29 is 32.2 Å². The molecule has 0 saturated heterocycles. The van der Waals surface area contributed by atoms with E-state index in [9.17, 15) is 0 Å². The molecule has 8 fully saturated rings. The first-order valence-electron chi connectivity index (χ1n) is 17.1. The molecule has 244 valence electrons. The summed E-state index contributed by atoms with van der Waals surface area (Å²) in [6, 6.07) is 16.0. The van der Waals surface area contributed by atoms with Crippen LogP contribution in [-0.2, 0) is 29.3 Å².